The average Bonchev–Trinajstić information content (AvgIpc) is 2.97. The number of rotatable bonds is 9. The maximum Gasteiger partial charge on any atom is 0.292 e. The first kappa shape index (κ1) is 16.9. The highest BCUT2D eigenvalue weighted by molar-refractivity contribution is 8.76. The van der Waals surface area contributed by atoms with Crippen molar-refractivity contribution in [3.8, 4) is 0 Å². The van der Waals surface area contributed by atoms with Crippen molar-refractivity contribution in [2.45, 2.75) is 6.42 Å². The second kappa shape index (κ2) is 8.87. The molecule has 0 saturated carbocycles. The fourth-order valence-corrected chi connectivity index (χ4v) is 3.90. The summed E-state index contributed by atoms with van der Waals surface area (Å²) in [6.45, 7) is 1.18. The lowest BCUT2D eigenvalue weighted by molar-refractivity contribution is -0.116. The Balaban J connectivity index is 1.79. The number of H-pyrrole nitrogens is 1. The molecule has 1 amide bonds. The van der Waals surface area contributed by atoms with Crippen LogP contribution in [0.15, 0.2) is 30.5 Å². The first-order valence-corrected chi connectivity index (χ1v) is 9.56. The second-order valence-corrected chi connectivity index (χ2v) is 7.32. The summed E-state index contributed by atoms with van der Waals surface area (Å²) >= 11 is 0. The molecule has 22 heavy (non-hydrogen) atoms. The number of carbonyl (C=O) groups is 2. The molecule has 0 unspecified atom stereocenters. The number of amides is 1. The molecule has 0 bridgehead atoms. The summed E-state index contributed by atoms with van der Waals surface area (Å²) in [6.07, 6.45) is 2.42. The van der Waals surface area contributed by atoms with Crippen molar-refractivity contribution in [1.82, 2.24) is 10.3 Å². The van der Waals surface area contributed by atoms with Crippen molar-refractivity contribution in [2.24, 2.45) is 5.73 Å². The van der Waals surface area contributed by atoms with E-state index in [1.165, 1.54) is 0 Å². The van der Waals surface area contributed by atoms with Gasteiger partial charge in [-0.15, -0.1) is 0 Å². The van der Waals surface area contributed by atoms with E-state index in [0.29, 0.717) is 18.7 Å². The number of hydrogen-bond acceptors (Lipinski definition) is 5. The second-order valence-electron chi connectivity index (χ2n) is 4.62. The molecular formula is C15H19N3O2S2. The molecule has 0 atom stereocenters. The summed E-state index contributed by atoms with van der Waals surface area (Å²) in [4.78, 5) is 27.1. The van der Waals surface area contributed by atoms with Gasteiger partial charge in [-0.1, -0.05) is 39.8 Å². The monoisotopic (exact) mass is 337 g/mol. The Morgan fingerprint density at radius 1 is 1.18 bits per heavy atom. The smallest absolute Gasteiger partial charge is 0.292 e. The van der Waals surface area contributed by atoms with Crippen LogP contribution in [0, 0.1) is 0 Å². The Hall–Kier alpha value is -1.44. The van der Waals surface area contributed by atoms with Gasteiger partial charge in [0.15, 0.2) is 0 Å². The summed E-state index contributed by atoms with van der Waals surface area (Å²) < 4.78 is 0. The van der Waals surface area contributed by atoms with Crippen molar-refractivity contribution in [3.05, 3.63) is 36.0 Å². The number of nitrogens with two attached hydrogens (primary N) is 1. The van der Waals surface area contributed by atoms with E-state index in [0.717, 1.165) is 28.8 Å². The van der Waals surface area contributed by atoms with Gasteiger partial charge in [-0.25, -0.2) is 0 Å². The van der Waals surface area contributed by atoms with Crippen LogP contribution in [0.2, 0.25) is 0 Å². The maximum atomic E-state index is 12.2. The summed E-state index contributed by atoms with van der Waals surface area (Å²) in [7, 11) is 3.46. The van der Waals surface area contributed by atoms with Crippen molar-refractivity contribution in [3.63, 3.8) is 0 Å². The molecule has 4 N–H and O–H groups in total. The molecule has 1 heterocycles. The van der Waals surface area contributed by atoms with Gasteiger partial charge in [-0.05, 0) is 12.5 Å². The first-order valence-electron chi connectivity index (χ1n) is 7.07. The summed E-state index contributed by atoms with van der Waals surface area (Å²) in [5.41, 5.74) is 6.67. The van der Waals surface area contributed by atoms with Gasteiger partial charge in [0, 0.05) is 41.7 Å². The number of Topliss-reactive ketones (excluding diaryl/α,β-unsaturated/α-hetero) is 1. The number of para-hydroxylation sites is 1. The summed E-state index contributed by atoms with van der Waals surface area (Å²) in [5.74, 6) is 0.800. The molecule has 0 saturated heterocycles. The van der Waals surface area contributed by atoms with E-state index in [2.05, 4.69) is 10.3 Å². The number of fused-ring (bicyclic) bond motifs is 1. The van der Waals surface area contributed by atoms with Gasteiger partial charge >= 0.3 is 0 Å². The average molecular weight is 337 g/mol. The minimum absolute atomic E-state index is 0.418. The van der Waals surface area contributed by atoms with Crippen LogP contribution in [0.4, 0.5) is 0 Å². The topological polar surface area (TPSA) is 88.0 Å². The van der Waals surface area contributed by atoms with Gasteiger partial charge in [0.05, 0.1) is 5.56 Å². The van der Waals surface area contributed by atoms with Crippen molar-refractivity contribution in [1.29, 1.82) is 0 Å². The van der Waals surface area contributed by atoms with Gasteiger partial charge in [-0.2, -0.15) is 0 Å². The fourth-order valence-electron chi connectivity index (χ4n) is 1.96. The summed E-state index contributed by atoms with van der Waals surface area (Å²) in [6, 6.07) is 7.44. The molecule has 0 aliphatic carbocycles. The Morgan fingerprint density at radius 3 is 2.77 bits per heavy atom. The maximum absolute atomic E-state index is 12.2. The number of nitrogens with one attached hydrogen (secondary N) is 2. The molecule has 0 radical (unpaired) electrons. The molecule has 0 aliphatic rings. The largest absolute Gasteiger partial charge is 0.360 e. The molecule has 1 aromatic carbocycles. The van der Waals surface area contributed by atoms with Crippen LogP contribution < -0.4 is 11.1 Å². The minimum Gasteiger partial charge on any atom is -0.360 e. The van der Waals surface area contributed by atoms with Crippen molar-refractivity contribution in [2.75, 3.05) is 24.6 Å². The van der Waals surface area contributed by atoms with Crippen LogP contribution in [0.3, 0.4) is 0 Å². The zero-order valence-electron chi connectivity index (χ0n) is 12.1. The van der Waals surface area contributed by atoms with Crippen LogP contribution in [-0.2, 0) is 4.79 Å². The van der Waals surface area contributed by atoms with E-state index in [9.17, 15) is 9.59 Å². The van der Waals surface area contributed by atoms with E-state index < -0.39 is 11.7 Å². The Morgan fingerprint density at radius 2 is 1.95 bits per heavy atom. The van der Waals surface area contributed by atoms with E-state index in [1.54, 1.807) is 27.8 Å². The molecular weight excluding hydrogens is 318 g/mol. The fraction of sp³-hybridized carbons (Fsp3) is 0.333. The Bertz CT molecular complexity index is 643. The van der Waals surface area contributed by atoms with Gasteiger partial charge in [0.2, 0.25) is 0 Å². The number of aromatic nitrogens is 1. The zero-order valence-corrected chi connectivity index (χ0v) is 13.8. The predicted molar refractivity (Wildman–Crippen MR) is 94.2 cm³/mol. The number of ketones is 1. The minimum atomic E-state index is -0.552. The molecule has 5 nitrogen and oxygen atoms in total. The molecule has 118 valence electrons. The molecule has 0 spiro atoms. The SMILES string of the molecule is NCCSSCCCNC(=O)C(=O)c1c[nH]c2ccccc12. The van der Waals surface area contributed by atoms with E-state index in [1.807, 2.05) is 24.3 Å². The van der Waals surface area contributed by atoms with Crippen LogP contribution >= 0.6 is 21.6 Å². The molecule has 0 aliphatic heterocycles. The Labute approximate surface area is 137 Å². The molecule has 0 fully saturated rings. The third kappa shape index (κ3) is 4.53. The normalized spacial score (nSPS) is 10.8. The lowest BCUT2D eigenvalue weighted by atomic mass is 10.1. The lowest BCUT2D eigenvalue weighted by Crippen LogP contribution is -2.31. The zero-order chi connectivity index (χ0) is 15.8. The van der Waals surface area contributed by atoms with Crippen LogP contribution in [0.1, 0.15) is 16.8 Å². The van der Waals surface area contributed by atoms with E-state index in [-0.39, 0.29) is 0 Å². The van der Waals surface area contributed by atoms with E-state index >= 15 is 0 Å². The van der Waals surface area contributed by atoms with Gasteiger partial charge in [0.1, 0.15) is 0 Å². The summed E-state index contributed by atoms with van der Waals surface area (Å²) in [5, 5.41) is 3.45. The number of aromatic amines is 1. The van der Waals surface area contributed by atoms with Gasteiger partial charge < -0.3 is 16.0 Å². The molecule has 1 aromatic heterocycles. The predicted octanol–water partition coefficient (Wildman–Crippen LogP) is 2.20. The standard InChI is InChI=1S/C15H19N3O2S2/c16-6-9-22-21-8-3-7-17-15(20)14(19)12-10-18-13-5-2-1-4-11(12)13/h1-2,4-5,10,18H,3,6-9,16H2,(H,17,20). The van der Waals surface area contributed by atoms with Gasteiger partial charge in [0.25, 0.3) is 11.7 Å². The molecule has 7 heteroatoms. The highest BCUT2D eigenvalue weighted by Crippen LogP contribution is 2.20. The van der Waals surface area contributed by atoms with Crippen LogP contribution in [-0.4, -0.2) is 41.3 Å². The number of hydrogen-bond donors (Lipinski definition) is 3. The first-order chi connectivity index (χ1) is 10.7. The van der Waals surface area contributed by atoms with Crippen molar-refractivity contribution < 1.29 is 9.59 Å². The lowest BCUT2D eigenvalue weighted by Gasteiger charge is -2.04. The van der Waals surface area contributed by atoms with Crippen LogP contribution in [0.25, 0.3) is 10.9 Å². The number of carbonyl (C=O) groups excluding carboxylic acids is 2. The van der Waals surface area contributed by atoms with Gasteiger partial charge in [-0.3, -0.25) is 9.59 Å². The third-order valence-corrected chi connectivity index (χ3v) is 5.54. The third-order valence-electron chi connectivity index (χ3n) is 3.01. The molecule has 2 aromatic rings. The van der Waals surface area contributed by atoms with E-state index in [4.69, 9.17) is 5.73 Å². The van der Waals surface area contributed by atoms with Crippen molar-refractivity contribution >= 4 is 44.2 Å². The highest BCUT2D eigenvalue weighted by atomic mass is 33.1. The molecule has 2 rings (SSSR count). The quantitative estimate of drug-likeness (QED) is 0.282. The Kier molecular flexibility index (Phi) is 6.82. The highest BCUT2D eigenvalue weighted by Gasteiger charge is 2.19. The number of benzene rings is 1. The van der Waals surface area contributed by atoms with Crippen LogP contribution in [0.5, 0.6) is 0 Å².